The van der Waals surface area contributed by atoms with E-state index >= 15 is 0 Å². The molecule has 1 fully saturated rings. The molecule has 0 bridgehead atoms. The highest BCUT2D eigenvalue weighted by molar-refractivity contribution is 5.62. The number of rotatable bonds is 7. The molecule has 2 aromatic rings. The van der Waals surface area contributed by atoms with Gasteiger partial charge in [0.15, 0.2) is 5.82 Å². The van der Waals surface area contributed by atoms with Crippen molar-refractivity contribution in [2.75, 3.05) is 18.4 Å². The number of hydrogen-bond acceptors (Lipinski definition) is 5. The van der Waals surface area contributed by atoms with Gasteiger partial charge in [0.2, 0.25) is 5.65 Å². The van der Waals surface area contributed by atoms with Gasteiger partial charge in [0, 0.05) is 43.5 Å². The Morgan fingerprint density at radius 3 is 2.59 bits per heavy atom. The fourth-order valence-corrected chi connectivity index (χ4v) is 3.00. The van der Waals surface area contributed by atoms with Crippen LogP contribution in [0.1, 0.15) is 52.3 Å². The van der Waals surface area contributed by atoms with E-state index in [1.165, 1.54) is 12.8 Å². The molecule has 1 saturated carbocycles. The van der Waals surface area contributed by atoms with E-state index in [1.807, 2.05) is 12.4 Å². The maximum absolute atomic E-state index is 4.43. The standard InChI is InChI=1S/C16H26N6/c1-11(2)21(12(3)4)9-7-17-14-16-20-19-15(13-5-6-13)22(16)10-8-18-14/h8,10-13H,5-7,9H2,1-4H3,(H,17,18). The van der Waals surface area contributed by atoms with E-state index in [4.69, 9.17) is 0 Å². The van der Waals surface area contributed by atoms with E-state index in [9.17, 15) is 0 Å². The van der Waals surface area contributed by atoms with Crippen LogP contribution in [0, 0.1) is 0 Å². The van der Waals surface area contributed by atoms with Gasteiger partial charge in [-0.2, -0.15) is 0 Å². The Morgan fingerprint density at radius 1 is 1.23 bits per heavy atom. The van der Waals surface area contributed by atoms with E-state index < -0.39 is 0 Å². The molecule has 0 aromatic carbocycles. The third-order valence-corrected chi connectivity index (χ3v) is 4.28. The van der Waals surface area contributed by atoms with Gasteiger partial charge in [-0.25, -0.2) is 4.98 Å². The molecule has 22 heavy (non-hydrogen) atoms. The van der Waals surface area contributed by atoms with Crippen molar-refractivity contribution in [3.63, 3.8) is 0 Å². The molecule has 6 heteroatoms. The Kier molecular flexibility index (Phi) is 4.29. The zero-order valence-corrected chi connectivity index (χ0v) is 14.0. The topological polar surface area (TPSA) is 58.4 Å². The summed E-state index contributed by atoms with van der Waals surface area (Å²) < 4.78 is 2.08. The molecule has 0 unspecified atom stereocenters. The summed E-state index contributed by atoms with van der Waals surface area (Å²) in [4.78, 5) is 6.90. The van der Waals surface area contributed by atoms with Crippen molar-refractivity contribution < 1.29 is 0 Å². The molecule has 1 aliphatic rings. The van der Waals surface area contributed by atoms with Gasteiger partial charge in [-0.1, -0.05) is 0 Å². The van der Waals surface area contributed by atoms with Crippen LogP contribution in [0.25, 0.3) is 5.65 Å². The Bertz CT molecular complexity index is 621. The first-order valence-corrected chi connectivity index (χ1v) is 8.27. The van der Waals surface area contributed by atoms with Crippen LogP contribution in [0.2, 0.25) is 0 Å². The highest BCUT2D eigenvalue weighted by Crippen LogP contribution is 2.39. The first-order valence-electron chi connectivity index (χ1n) is 8.27. The number of hydrogen-bond donors (Lipinski definition) is 1. The van der Waals surface area contributed by atoms with E-state index in [-0.39, 0.29) is 0 Å². The van der Waals surface area contributed by atoms with E-state index in [0.717, 1.165) is 30.4 Å². The number of fused-ring (bicyclic) bond motifs is 1. The second-order valence-electron chi connectivity index (χ2n) is 6.65. The zero-order valence-electron chi connectivity index (χ0n) is 14.0. The molecule has 0 radical (unpaired) electrons. The van der Waals surface area contributed by atoms with Crippen molar-refractivity contribution in [2.45, 2.75) is 58.5 Å². The van der Waals surface area contributed by atoms with E-state index in [2.05, 4.69) is 57.5 Å². The van der Waals surface area contributed by atoms with Crippen LogP contribution in [0.3, 0.4) is 0 Å². The summed E-state index contributed by atoms with van der Waals surface area (Å²) in [5.74, 6) is 2.49. The van der Waals surface area contributed by atoms with Gasteiger partial charge < -0.3 is 5.32 Å². The molecule has 2 aromatic heterocycles. The van der Waals surface area contributed by atoms with Gasteiger partial charge in [-0.15, -0.1) is 10.2 Å². The Morgan fingerprint density at radius 2 is 1.95 bits per heavy atom. The van der Waals surface area contributed by atoms with Crippen LogP contribution in [0.5, 0.6) is 0 Å². The molecular weight excluding hydrogens is 276 g/mol. The fraction of sp³-hybridized carbons (Fsp3) is 0.688. The number of nitrogens with one attached hydrogen (secondary N) is 1. The molecule has 1 aliphatic carbocycles. The van der Waals surface area contributed by atoms with Gasteiger partial charge in [0.05, 0.1) is 0 Å². The molecule has 0 aliphatic heterocycles. The maximum Gasteiger partial charge on any atom is 0.203 e. The van der Waals surface area contributed by atoms with Crippen LogP contribution in [-0.2, 0) is 0 Å². The Balaban J connectivity index is 1.69. The summed E-state index contributed by atoms with van der Waals surface area (Å²) in [6, 6.07) is 1.08. The maximum atomic E-state index is 4.43. The lowest BCUT2D eigenvalue weighted by atomic mass is 10.2. The monoisotopic (exact) mass is 302 g/mol. The minimum absolute atomic E-state index is 0.542. The summed E-state index contributed by atoms with van der Waals surface area (Å²) in [5.41, 5.74) is 0.838. The molecule has 120 valence electrons. The van der Waals surface area contributed by atoms with Crippen LogP contribution in [0.4, 0.5) is 5.82 Å². The normalized spacial score (nSPS) is 15.4. The van der Waals surface area contributed by atoms with Crippen LogP contribution in [0.15, 0.2) is 12.4 Å². The highest BCUT2D eigenvalue weighted by atomic mass is 15.3. The number of nitrogens with zero attached hydrogens (tertiary/aromatic N) is 5. The highest BCUT2D eigenvalue weighted by Gasteiger charge is 2.29. The molecule has 0 atom stereocenters. The quantitative estimate of drug-likeness (QED) is 0.851. The van der Waals surface area contributed by atoms with Crippen LogP contribution in [-0.4, -0.2) is 49.7 Å². The Hall–Kier alpha value is -1.69. The van der Waals surface area contributed by atoms with E-state index in [0.29, 0.717) is 18.0 Å². The summed E-state index contributed by atoms with van der Waals surface area (Å²) in [6.45, 7) is 10.8. The predicted octanol–water partition coefficient (Wildman–Crippen LogP) is 2.53. The first-order chi connectivity index (χ1) is 10.6. The molecular formula is C16H26N6. The smallest absolute Gasteiger partial charge is 0.203 e. The average molecular weight is 302 g/mol. The lowest BCUT2D eigenvalue weighted by Crippen LogP contribution is -2.40. The van der Waals surface area contributed by atoms with Crippen molar-refractivity contribution in [3.8, 4) is 0 Å². The third kappa shape index (κ3) is 3.06. The largest absolute Gasteiger partial charge is 0.366 e. The molecule has 6 nitrogen and oxygen atoms in total. The van der Waals surface area contributed by atoms with Gasteiger partial charge in [-0.3, -0.25) is 9.30 Å². The van der Waals surface area contributed by atoms with Gasteiger partial charge in [0.25, 0.3) is 0 Å². The lowest BCUT2D eigenvalue weighted by molar-refractivity contribution is 0.182. The lowest BCUT2D eigenvalue weighted by Gasteiger charge is -2.30. The van der Waals surface area contributed by atoms with Crippen molar-refractivity contribution in [3.05, 3.63) is 18.2 Å². The van der Waals surface area contributed by atoms with Crippen molar-refractivity contribution in [1.82, 2.24) is 24.5 Å². The molecule has 0 saturated heterocycles. The molecule has 0 spiro atoms. The van der Waals surface area contributed by atoms with Crippen molar-refractivity contribution >= 4 is 11.5 Å². The summed E-state index contributed by atoms with van der Waals surface area (Å²) in [6.07, 6.45) is 6.24. The van der Waals surface area contributed by atoms with Crippen molar-refractivity contribution in [2.24, 2.45) is 0 Å². The average Bonchev–Trinajstić information content (AvgIpc) is 3.22. The zero-order chi connectivity index (χ0) is 15.7. The second kappa shape index (κ2) is 6.20. The fourth-order valence-electron chi connectivity index (χ4n) is 3.00. The number of aromatic nitrogens is 4. The molecule has 2 heterocycles. The number of anilines is 1. The summed E-state index contributed by atoms with van der Waals surface area (Å²) in [5, 5.41) is 12.1. The van der Waals surface area contributed by atoms with Gasteiger partial charge in [-0.05, 0) is 40.5 Å². The minimum Gasteiger partial charge on any atom is -0.366 e. The Labute approximate surface area is 131 Å². The first kappa shape index (κ1) is 15.2. The van der Waals surface area contributed by atoms with Crippen molar-refractivity contribution in [1.29, 1.82) is 0 Å². The molecule has 1 N–H and O–H groups in total. The van der Waals surface area contributed by atoms with Crippen LogP contribution < -0.4 is 5.32 Å². The summed E-state index contributed by atoms with van der Waals surface area (Å²) >= 11 is 0. The molecule has 0 amide bonds. The minimum atomic E-state index is 0.542. The van der Waals surface area contributed by atoms with Gasteiger partial charge in [0.1, 0.15) is 5.82 Å². The SMILES string of the molecule is CC(C)N(CCNc1nccn2c(C3CC3)nnc12)C(C)C. The third-order valence-electron chi connectivity index (χ3n) is 4.28. The second-order valence-corrected chi connectivity index (χ2v) is 6.65. The van der Waals surface area contributed by atoms with Gasteiger partial charge >= 0.3 is 0 Å². The molecule has 3 rings (SSSR count). The predicted molar refractivity (Wildman–Crippen MR) is 88.2 cm³/mol. The van der Waals surface area contributed by atoms with E-state index in [1.54, 1.807) is 0 Å². The summed E-state index contributed by atoms with van der Waals surface area (Å²) in [7, 11) is 0. The van der Waals surface area contributed by atoms with Crippen LogP contribution >= 0.6 is 0 Å².